The van der Waals surface area contributed by atoms with Crippen molar-refractivity contribution < 1.29 is 0 Å². The molecule has 1 nitrogen and oxygen atoms in total. The Morgan fingerprint density at radius 2 is 2.10 bits per heavy atom. The second kappa shape index (κ2) is 4.98. The minimum atomic E-state index is 0.529. The van der Waals surface area contributed by atoms with Crippen molar-refractivity contribution >= 4 is 6.21 Å². The van der Waals surface area contributed by atoms with Crippen LogP contribution in [0.25, 0.3) is 0 Å². The maximum Gasteiger partial charge on any atom is 0.0277 e. The molecule has 56 valence electrons. The summed E-state index contributed by atoms with van der Waals surface area (Å²) in [5.41, 5.74) is 1.14. The summed E-state index contributed by atoms with van der Waals surface area (Å²) in [4.78, 5) is 3.81. The van der Waals surface area contributed by atoms with Crippen LogP contribution in [0.1, 0.15) is 13.8 Å². The normalized spacial score (nSPS) is 12.0. The van der Waals surface area contributed by atoms with Crippen molar-refractivity contribution in [1.29, 1.82) is 0 Å². The van der Waals surface area contributed by atoms with E-state index in [4.69, 9.17) is 0 Å². The third kappa shape index (κ3) is 4.07. The van der Waals surface area contributed by atoms with E-state index in [0.717, 1.165) is 5.57 Å². The second-order valence-corrected chi connectivity index (χ2v) is 2.50. The second-order valence-electron chi connectivity index (χ2n) is 2.50. The van der Waals surface area contributed by atoms with Crippen molar-refractivity contribution in [1.82, 2.24) is 0 Å². The number of hydrogen-bond acceptors (Lipinski definition) is 1. The van der Waals surface area contributed by atoms with Crippen molar-refractivity contribution in [3.63, 3.8) is 0 Å². The van der Waals surface area contributed by atoms with Crippen LogP contribution < -0.4 is 0 Å². The van der Waals surface area contributed by atoms with Gasteiger partial charge in [-0.25, -0.2) is 0 Å². The van der Waals surface area contributed by atoms with E-state index in [1.807, 2.05) is 12.2 Å². The van der Waals surface area contributed by atoms with E-state index in [1.54, 1.807) is 13.3 Å². The first-order valence-electron chi connectivity index (χ1n) is 3.46. The summed E-state index contributed by atoms with van der Waals surface area (Å²) in [5, 5.41) is 0. The number of hydrogen-bond donors (Lipinski definition) is 0. The van der Waals surface area contributed by atoms with Gasteiger partial charge in [0, 0.05) is 13.3 Å². The quantitative estimate of drug-likeness (QED) is 0.418. The third-order valence-electron chi connectivity index (χ3n) is 1.29. The molecule has 0 saturated heterocycles. The van der Waals surface area contributed by atoms with Crippen LogP contribution in [0.4, 0.5) is 0 Å². The van der Waals surface area contributed by atoms with E-state index in [9.17, 15) is 0 Å². The van der Waals surface area contributed by atoms with Gasteiger partial charge in [0.2, 0.25) is 0 Å². The van der Waals surface area contributed by atoms with Crippen molar-refractivity contribution in [2.45, 2.75) is 13.8 Å². The van der Waals surface area contributed by atoms with Crippen molar-refractivity contribution in [3.8, 4) is 0 Å². The molecule has 0 radical (unpaired) electrons. The Bertz CT molecular complexity index is 152. The Morgan fingerprint density at radius 3 is 2.50 bits per heavy atom. The average molecular weight is 137 g/mol. The first kappa shape index (κ1) is 9.15. The highest BCUT2D eigenvalue weighted by molar-refractivity contribution is 5.71. The van der Waals surface area contributed by atoms with Crippen LogP contribution in [-0.2, 0) is 0 Å². The Morgan fingerprint density at radius 1 is 1.50 bits per heavy atom. The molecular formula is C9H15N. The maximum atomic E-state index is 3.88. The van der Waals surface area contributed by atoms with Crippen LogP contribution >= 0.6 is 0 Å². The first-order valence-corrected chi connectivity index (χ1v) is 3.46. The summed E-state index contributed by atoms with van der Waals surface area (Å²) in [6, 6.07) is 0. The monoisotopic (exact) mass is 137 g/mol. The molecule has 0 aromatic rings. The van der Waals surface area contributed by atoms with E-state index in [0.29, 0.717) is 5.92 Å². The number of rotatable bonds is 3. The van der Waals surface area contributed by atoms with E-state index >= 15 is 0 Å². The molecule has 0 aromatic carbocycles. The maximum absolute atomic E-state index is 3.88. The summed E-state index contributed by atoms with van der Waals surface area (Å²) >= 11 is 0. The molecule has 0 unspecified atom stereocenters. The first-order chi connectivity index (χ1) is 4.68. The lowest BCUT2D eigenvalue weighted by atomic mass is 10.1. The van der Waals surface area contributed by atoms with Crippen LogP contribution in [0.5, 0.6) is 0 Å². The lowest BCUT2D eigenvalue weighted by Gasteiger charge is -2.00. The lowest BCUT2D eigenvalue weighted by molar-refractivity contribution is 0.795. The van der Waals surface area contributed by atoms with Crippen molar-refractivity contribution in [2.24, 2.45) is 10.9 Å². The molecule has 0 bridgehead atoms. The van der Waals surface area contributed by atoms with E-state index in [2.05, 4.69) is 25.4 Å². The Balaban J connectivity index is 3.78. The van der Waals surface area contributed by atoms with Gasteiger partial charge in [0.25, 0.3) is 0 Å². The molecule has 0 N–H and O–H groups in total. The summed E-state index contributed by atoms with van der Waals surface area (Å²) in [7, 11) is 1.75. The molecule has 0 aliphatic rings. The van der Waals surface area contributed by atoms with Gasteiger partial charge in [0.15, 0.2) is 0 Å². The van der Waals surface area contributed by atoms with Gasteiger partial charge >= 0.3 is 0 Å². The third-order valence-corrected chi connectivity index (χ3v) is 1.29. The molecule has 0 heterocycles. The molecule has 0 spiro atoms. The Hall–Kier alpha value is -0.850. The molecule has 0 rings (SSSR count). The molecule has 10 heavy (non-hydrogen) atoms. The fraction of sp³-hybridized carbons (Fsp3) is 0.444. The zero-order valence-electron chi connectivity index (χ0n) is 6.96. The van der Waals surface area contributed by atoms with E-state index in [-0.39, 0.29) is 0 Å². The van der Waals surface area contributed by atoms with Gasteiger partial charge in [-0.15, -0.1) is 0 Å². The standard InChI is InChI=1S/C9H15N/c1-8(2)9(3)6-5-7-10-4/h5-8H,3H2,1-2,4H3/b6-5-,10-7?. The van der Waals surface area contributed by atoms with E-state index in [1.165, 1.54) is 0 Å². The fourth-order valence-corrected chi connectivity index (χ4v) is 0.445. The topological polar surface area (TPSA) is 12.4 Å². The molecule has 0 fully saturated rings. The minimum absolute atomic E-state index is 0.529. The summed E-state index contributed by atoms with van der Waals surface area (Å²) in [6.45, 7) is 8.12. The predicted octanol–water partition coefficient (Wildman–Crippen LogP) is 2.46. The Kier molecular flexibility index (Phi) is 4.55. The molecule has 0 amide bonds. The van der Waals surface area contributed by atoms with Gasteiger partial charge in [0.05, 0.1) is 0 Å². The molecule has 0 aliphatic heterocycles. The summed E-state index contributed by atoms with van der Waals surface area (Å²) in [6.07, 6.45) is 5.65. The van der Waals surface area contributed by atoms with E-state index < -0.39 is 0 Å². The fourth-order valence-electron chi connectivity index (χ4n) is 0.445. The summed E-state index contributed by atoms with van der Waals surface area (Å²) < 4.78 is 0. The van der Waals surface area contributed by atoms with Gasteiger partial charge in [-0.2, -0.15) is 0 Å². The summed E-state index contributed by atoms with van der Waals surface area (Å²) in [5.74, 6) is 0.529. The highest BCUT2D eigenvalue weighted by Gasteiger charge is 1.92. The zero-order valence-corrected chi connectivity index (χ0v) is 6.96. The van der Waals surface area contributed by atoms with Gasteiger partial charge in [-0.3, -0.25) is 4.99 Å². The molecule has 0 saturated carbocycles. The molecule has 1 heteroatoms. The van der Waals surface area contributed by atoms with Gasteiger partial charge in [0.1, 0.15) is 0 Å². The van der Waals surface area contributed by atoms with Crippen molar-refractivity contribution in [2.75, 3.05) is 7.05 Å². The van der Waals surface area contributed by atoms with Crippen LogP contribution in [0.15, 0.2) is 29.3 Å². The number of nitrogens with zero attached hydrogens (tertiary/aromatic N) is 1. The Labute approximate surface area is 63.2 Å². The van der Waals surface area contributed by atoms with Crippen LogP contribution in [0, 0.1) is 5.92 Å². The van der Waals surface area contributed by atoms with Gasteiger partial charge in [-0.1, -0.05) is 32.1 Å². The lowest BCUT2D eigenvalue weighted by Crippen LogP contribution is -1.86. The van der Waals surface area contributed by atoms with Gasteiger partial charge in [-0.05, 0) is 12.0 Å². The molecular weight excluding hydrogens is 122 g/mol. The van der Waals surface area contributed by atoms with Crippen molar-refractivity contribution in [3.05, 3.63) is 24.3 Å². The number of aliphatic imine (C=N–C) groups is 1. The van der Waals surface area contributed by atoms with Gasteiger partial charge < -0.3 is 0 Å². The number of allylic oxidation sites excluding steroid dienone is 3. The predicted molar refractivity (Wildman–Crippen MR) is 47.5 cm³/mol. The largest absolute Gasteiger partial charge is 0.297 e. The van der Waals surface area contributed by atoms with Crippen LogP contribution in [0.3, 0.4) is 0 Å². The van der Waals surface area contributed by atoms with Crippen LogP contribution in [0.2, 0.25) is 0 Å². The average Bonchev–Trinajstić information content (AvgIpc) is 1.88. The smallest absolute Gasteiger partial charge is 0.0277 e. The minimum Gasteiger partial charge on any atom is -0.297 e. The van der Waals surface area contributed by atoms with Crippen LogP contribution in [-0.4, -0.2) is 13.3 Å². The SMILES string of the molecule is C=C(/C=C\C=NC)C(C)C. The molecule has 0 atom stereocenters. The highest BCUT2D eigenvalue weighted by Crippen LogP contribution is 2.06. The molecule has 0 aliphatic carbocycles. The molecule has 0 aromatic heterocycles. The zero-order chi connectivity index (χ0) is 7.98. The highest BCUT2D eigenvalue weighted by atomic mass is 14.6.